The predicted molar refractivity (Wildman–Crippen MR) is 54.3 cm³/mol. The summed E-state index contributed by atoms with van der Waals surface area (Å²) in [4.78, 5) is 3.66. The van der Waals surface area contributed by atoms with Crippen LogP contribution in [-0.2, 0) is 10.0 Å². The lowest BCUT2D eigenvalue weighted by atomic mass is 10.4. The van der Waals surface area contributed by atoms with E-state index in [0.717, 1.165) is 12.8 Å². The number of ether oxygens (including phenoxy) is 1. The predicted octanol–water partition coefficient (Wildman–Crippen LogP) is 0.924. The van der Waals surface area contributed by atoms with Gasteiger partial charge in [-0.05, 0) is 12.8 Å². The summed E-state index contributed by atoms with van der Waals surface area (Å²) < 4.78 is 27.7. The van der Waals surface area contributed by atoms with Gasteiger partial charge in [0, 0.05) is 12.3 Å². The minimum Gasteiger partial charge on any atom is -0.487 e. The summed E-state index contributed by atoms with van der Waals surface area (Å²) in [5.74, 6) is 0.132. The molecule has 15 heavy (non-hydrogen) atoms. The Hall–Kier alpha value is -0.850. The van der Waals surface area contributed by atoms with Crippen LogP contribution in [0.15, 0.2) is 17.3 Å². The standard InChI is InChI=1S/C8H9ClN2O3S/c9-5-3-7(14-6-1-2-6)8(11-4-5)15(10,12)13/h3-4,6H,1-2H2,(H2,10,12,13). The quantitative estimate of drug-likeness (QED) is 0.862. The maximum Gasteiger partial charge on any atom is 0.259 e. The van der Waals surface area contributed by atoms with E-state index >= 15 is 0 Å². The molecule has 2 N–H and O–H groups in total. The molecule has 0 saturated heterocycles. The SMILES string of the molecule is NS(=O)(=O)c1ncc(Cl)cc1OC1CC1. The third-order valence-electron chi connectivity index (χ3n) is 1.87. The van der Waals surface area contributed by atoms with Gasteiger partial charge in [0.1, 0.15) is 0 Å². The van der Waals surface area contributed by atoms with Crippen molar-refractivity contribution in [1.29, 1.82) is 0 Å². The Bertz CT molecular complexity index is 485. The fourth-order valence-corrected chi connectivity index (χ4v) is 1.81. The lowest BCUT2D eigenvalue weighted by Gasteiger charge is -2.08. The number of halogens is 1. The Kier molecular flexibility index (Phi) is 2.57. The van der Waals surface area contributed by atoms with E-state index in [1.807, 2.05) is 0 Å². The largest absolute Gasteiger partial charge is 0.487 e. The monoisotopic (exact) mass is 248 g/mol. The summed E-state index contributed by atoms with van der Waals surface area (Å²) >= 11 is 5.69. The van der Waals surface area contributed by atoms with Crippen molar-refractivity contribution in [2.45, 2.75) is 24.0 Å². The van der Waals surface area contributed by atoms with Gasteiger partial charge in [0.15, 0.2) is 5.75 Å². The highest BCUT2D eigenvalue weighted by molar-refractivity contribution is 7.89. The Morgan fingerprint density at radius 3 is 2.73 bits per heavy atom. The first-order valence-corrected chi connectivity index (χ1v) is 6.24. The summed E-state index contributed by atoms with van der Waals surface area (Å²) in [5, 5.41) is 5.04. The molecule has 1 aliphatic carbocycles. The minimum absolute atomic E-state index is 0.0609. The van der Waals surface area contributed by atoms with Gasteiger partial charge in [0.2, 0.25) is 5.03 Å². The Balaban J connectivity index is 2.43. The van der Waals surface area contributed by atoms with E-state index < -0.39 is 10.0 Å². The number of sulfonamides is 1. The van der Waals surface area contributed by atoms with E-state index in [0.29, 0.717) is 5.02 Å². The number of primary sulfonamides is 1. The average Bonchev–Trinajstić information content (AvgIpc) is 2.85. The van der Waals surface area contributed by atoms with Crippen LogP contribution in [0.1, 0.15) is 12.8 Å². The molecule has 1 heterocycles. The summed E-state index contributed by atoms with van der Waals surface area (Å²) in [6.07, 6.45) is 3.11. The van der Waals surface area contributed by atoms with Crippen LogP contribution < -0.4 is 9.88 Å². The lowest BCUT2D eigenvalue weighted by molar-refractivity contribution is 0.292. The molecule has 0 unspecified atom stereocenters. The van der Waals surface area contributed by atoms with E-state index in [2.05, 4.69) is 4.98 Å². The van der Waals surface area contributed by atoms with Gasteiger partial charge in [-0.25, -0.2) is 18.5 Å². The van der Waals surface area contributed by atoms with Crippen LogP contribution >= 0.6 is 11.6 Å². The number of aromatic nitrogens is 1. The molecule has 0 aliphatic heterocycles. The Morgan fingerprint density at radius 2 is 2.20 bits per heavy atom. The number of hydrogen-bond acceptors (Lipinski definition) is 4. The van der Waals surface area contributed by atoms with Gasteiger partial charge in [0.25, 0.3) is 10.0 Å². The Labute approximate surface area is 92.3 Å². The molecule has 5 nitrogen and oxygen atoms in total. The number of nitrogens with two attached hydrogens (primary N) is 1. The molecule has 1 aliphatic rings. The molecule has 2 rings (SSSR count). The van der Waals surface area contributed by atoms with Crippen LogP contribution in [0.5, 0.6) is 5.75 Å². The van der Waals surface area contributed by atoms with E-state index in [-0.39, 0.29) is 16.9 Å². The molecular formula is C8H9ClN2O3S. The zero-order chi connectivity index (χ0) is 11.1. The molecule has 7 heteroatoms. The number of nitrogens with zero attached hydrogens (tertiary/aromatic N) is 1. The molecule has 1 aromatic rings. The first-order chi connectivity index (χ1) is 6.97. The lowest BCUT2D eigenvalue weighted by Crippen LogP contribution is -2.16. The molecule has 1 fully saturated rings. The van der Waals surface area contributed by atoms with Crippen molar-refractivity contribution in [3.8, 4) is 5.75 Å². The second kappa shape index (κ2) is 3.62. The zero-order valence-corrected chi connectivity index (χ0v) is 9.25. The van der Waals surface area contributed by atoms with Crippen molar-refractivity contribution in [2.24, 2.45) is 5.14 Å². The first-order valence-electron chi connectivity index (χ1n) is 4.32. The smallest absolute Gasteiger partial charge is 0.259 e. The average molecular weight is 249 g/mol. The molecular weight excluding hydrogens is 240 g/mol. The van der Waals surface area contributed by atoms with Gasteiger partial charge in [-0.1, -0.05) is 11.6 Å². The number of rotatable bonds is 3. The third kappa shape index (κ3) is 2.58. The van der Waals surface area contributed by atoms with Gasteiger partial charge in [-0.3, -0.25) is 0 Å². The molecule has 1 aromatic heterocycles. The molecule has 0 radical (unpaired) electrons. The van der Waals surface area contributed by atoms with Crippen LogP contribution in [0.4, 0.5) is 0 Å². The van der Waals surface area contributed by atoms with Crippen molar-refractivity contribution in [2.75, 3.05) is 0 Å². The second-order valence-electron chi connectivity index (χ2n) is 3.32. The fourth-order valence-electron chi connectivity index (χ4n) is 1.07. The van der Waals surface area contributed by atoms with E-state index in [1.54, 1.807) is 0 Å². The summed E-state index contributed by atoms with van der Waals surface area (Å²) in [6.45, 7) is 0. The van der Waals surface area contributed by atoms with Crippen molar-refractivity contribution in [3.05, 3.63) is 17.3 Å². The summed E-state index contributed by atoms with van der Waals surface area (Å²) in [6, 6.07) is 1.41. The Morgan fingerprint density at radius 1 is 1.53 bits per heavy atom. The summed E-state index contributed by atoms with van der Waals surface area (Å²) in [7, 11) is -3.86. The van der Waals surface area contributed by atoms with E-state index in [1.165, 1.54) is 12.3 Å². The second-order valence-corrected chi connectivity index (χ2v) is 5.23. The molecule has 1 saturated carbocycles. The highest BCUT2D eigenvalue weighted by atomic mass is 35.5. The van der Waals surface area contributed by atoms with Gasteiger partial charge in [-0.15, -0.1) is 0 Å². The van der Waals surface area contributed by atoms with Crippen molar-refractivity contribution in [3.63, 3.8) is 0 Å². The molecule has 0 aromatic carbocycles. The van der Waals surface area contributed by atoms with E-state index in [4.69, 9.17) is 21.5 Å². The third-order valence-corrected chi connectivity index (χ3v) is 2.92. The van der Waals surface area contributed by atoms with Gasteiger partial charge in [-0.2, -0.15) is 0 Å². The molecule has 0 spiro atoms. The molecule has 0 atom stereocenters. The molecule has 0 amide bonds. The van der Waals surface area contributed by atoms with Crippen LogP contribution in [-0.4, -0.2) is 19.5 Å². The van der Waals surface area contributed by atoms with Crippen LogP contribution in [0.25, 0.3) is 0 Å². The number of hydrogen-bond donors (Lipinski definition) is 1. The van der Waals surface area contributed by atoms with Crippen LogP contribution in [0, 0.1) is 0 Å². The van der Waals surface area contributed by atoms with Crippen molar-refractivity contribution < 1.29 is 13.2 Å². The fraction of sp³-hybridized carbons (Fsp3) is 0.375. The van der Waals surface area contributed by atoms with Crippen molar-refractivity contribution in [1.82, 2.24) is 4.98 Å². The van der Waals surface area contributed by atoms with E-state index in [9.17, 15) is 8.42 Å². The maximum absolute atomic E-state index is 11.2. The van der Waals surface area contributed by atoms with Gasteiger partial charge in [0.05, 0.1) is 11.1 Å². The topological polar surface area (TPSA) is 82.3 Å². The molecule has 0 bridgehead atoms. The van der Waals surface area contributed by atoms with Crippen LogP contribution in [0.3, 0.4) is 0 Å². The normalized spacial score (nSPS) is 16.4. The summed E-state index contributed by atoms with van der Waals surface area (Å²) in [5.41, 5.74) is 0. The molecule has 82 valence electrons. The highest BCUT2D eigenvalue weighted by Gasteiger charge is 2.27. The first kappa shape index (κ1) is 10.7. The minimum atomic E-state index is -3.86. The maximum atomic E-state index is 11.2. The van der Waals surface area contributed by atoms with Gasteiger partial charge >= 0.3 is 0 Å². The number of pyridine rings is 1. The van der Waals surface area contributed by atoms with Crippen molar-refractivity contribution >= 4 is 21.6 Å². The highest BCUT2D eigenvalue weighted by Crippen LogP contribution is 2.31. The van der Waals surface area contributed by atoms with Gasteiger partial charge < -0.3 is 4.74 Å². The zero-order valence-electron chi connectivity index (χ0n) is 7.68. The van der Waals surface area contributed by atoms with Crippen LogP contribution in [0.2, 0.25) is 5.02 Å².